The third-order valence-electron chi connectivity index (χ3n) is 3.82. The molecule has 0 atom stereocenters. The Morgan fingerprint density at radius 3 is 2.57 bits per heavy atom. The van der Waals surface area contributed by atoms with Gasteiger partial charge in [0.15, 0.2) is 0 Å². The summed E-state index contributed by atoms with van der Waals surface area (Å²) in [5, 5.41) is 12.4. The summed E-state index contributed by atoms with van der Waals surface area (Å²) in [5.74, 6) is 0.885. The average Bonchev–Trinajstić information content (AvgIpc) is 2.80. The summed E-state index contributed by atoms with van der Waals surface area (Å²) in [5.41, 5.74) is 4.32. The molecule has 1 heterocycles. The Kier molecular flexibility index (Phi) is 5.02. The van der Waals surface area contributed by atoms with Crippen LogP contribution in [0.2, 0.25) is 0 Å². The van der Waals surface area contributed by atoms with Crippen LogP contribution in [0.4, 0.5) is 0 Å². The highest BCUT2D eigenvalue weighted by Gasteiger charge is 2.07. The van der Waals surface area contributed by atoms with Crippen molar-refractivity contribution in [2.75, 3.05) is 13.7 Å². The summed E-state index contributed by atoms with van der Waals surface area (Å²) in [7, 11) is 3.60. The van der Waals surface area contributed by atoms with Gasteiger partial charge in [-0.05, 0) is 49.2 Å². The van der Waals surface area contributed by atoms with Gasteiger partial charge in [-0.2, -0.15) is 5.26 Å². The Labute approximate surface area is 126 Å². The minimum atomic E-state index is 0.708. The molecule has 0 fully saturated rings. The number of ether oxygens (including phenoxy) is 1. The van der Waals surface area contributed by atoms with Crippen molar-refractivity contribution >= 4 is 0 Å². The first-order chi connectivity index (χ1) is 10.2. The zero-order chi connectivity index (χ0) is 15.2. The van der Waals surface area contributed by atoms with Gasteiger partial charge in [-0.3, -0.25) is 0 Å². The van der Waals surface area contributed by atoms with Crippen molar-refractivity contribution in [3.05, 3.63) is 52.8 Å². The zero-order valence-corrected chi connectivity index (χ0v) is 12.8. The number of nitrogens with zero attached hydrogens (tertiary/aromatic N) is 2. The van der Waals surface area contributed by atoms with Crippen molar-refractivity contribution < 1.29 is 4.74 Å². The first-order valence-corrected chi connectivity index (χ1v) is 7.04. The summed E-state index contributed by atoms with van der Waals surface area (Å²) in [6.07, 6.45) is 0.973. The molecule has 0 bridgehead atoms. The predicted octanol–water partition coefficient (Wildman–Crippen LogP) is 2.55. The Hall–Kier alpha value is -2.25. The maximum Gasteiger partial charge on any atom is 0.120 e. The number of methoxy groups -OCH3 is 1. The molecule has 4 heteroatoms. The Balaban J connectivity index is 1.83. The molecule has 0 aliphatic carbocycles. The molecule has 21 heavy (non-hydrogen) atoms. The van der Waals surface area contributed by atoms with Crippen LogP contribution >= 0.6 is 0 Å². The first-order valence-electron chi connectivity index (χ1n) is 7.04. The molecule has 0 amide bonds. The van der Waals surface area contributed by atoms with Gasteiger partial charge in [-0.15, -0.1) is 0 Å². The van der Waals surface area contributed by atoms with Gasteiger partial charge in [0.05, 0.1) is 7.11 Å². The van der Waals surface area contributed by atoms with Gasteiger partial charge < -0.3 is 14.6 Å². The molecule has 0 spiro atoms. The predicted molar refractivity (Wildman–Crippen MR) is 83.3 cm³/mol. The molecule has 1 N–H and O–H groups in total. The summed E-state index contributed by atoms with van der Waals surface area (Å²) in [4.78, 5) is 0. The first kappa shape index (κ1) is 15.1. The van der Waals surface area contributed by atoms with Gasteiger partial charge in [-0.1, -0.05) is 12.1 Å². The van der Waals surface area contributed by atoms with E-state index in [1.807, 2.05) is 36.7 Å². The quantitative estimate of drug-likeness (QED) is 0.829. The largest absolute Gasteiger partial charge is 0.497 e. The van der Waals surface area contributed by atoms with Crippen LogP contribution in [0.15, 0.2) is 30.3 Å². The summed E-state index contributed by atoms with van der Waals surface area (Å²) in [6, 6.07) is 12.3. The van der Waals surface area contributed by atoms with Crippen molar-refractivity contribution in [1.82, 2.24) is 9.88 Å². The lowest BCUT2D eigenvalue weighted by Gasteiger charge is -2.06. The summed E-state index contributed by atoms with van der Waals surface area (Å²) >= 11 is 0. The van der Waals surface area contributed by atoms with E-state index in [2.05, 4.69) is 23.5 Å². The van der Waals surface area contributed by atoms with Crippen LogP contribution in [0, 0.1) is 18.3 Å². The molecule has 0 saturated heterocycles. The van der Waals surface area contributed by atoms with Gasteiger partial charge in [0.2, 0.25) is 0 Å². The number of aromatic nitrogens is 1. The molecule has 4 nitrogen and oxygen atoms in total. The molecule has 1 aromatic carbocycles. The SMILES string of the molecule is COc1ccc(CCNCc2cc(C#N)n(C)c2C)cc1. The standard InChI is InChI=1S/C17H21N3O/c1-13-15(10-16(11-18)20(13)2)12-19-9-8-14-4-6-17(21-3)7-5-14/h4-7,10,19H,8-9,12H2,1-3H3. The van der Waals surface area contributed by atoms with Crippen LogP contribution in [0.3, 0.4) is 0 Å². The highest BCUT2D eigenvalue weighted by Crippen LogP contribution is 2.13. The van der Waals surface area contributed by atoms with Gasteiger partial charge in [0.25, 0.3) is 0 Å². The van der Waals surface area contributed by atoms with Crippen molar-refractivity contribution in [2.45, 2.75) is 19.9 Å². The van der Waals surface area contributed by atoms with E-state index in [9.17, 15) is 0 Å². The molecular weight excluding hydrogens is 262 g/mol. The number of hydrogen-bond donors (Lipinski definition) is 1. The fraction of sp³-hybridized carbons (Fsp3) is 0.353. The molecule has 0 unspecified atom stereocenters. The topological polar surface area (TPSA) is 50.0 Å². The molecular formula is C17H21N3O. The van der Waals surface area contributed by atoms with E-state index in [0.717, 1.165) is 31.0 Å². The normalized spacial score (nSPS) is 10.4. The Bertz CT molecular complexity index is 635. The minimum Gasteiger partial charge on any atom is -0.497 e. The van der Waals surface area contributed by atoms with Crippen LogP contribution in [-0.4, -0.2) is 18.2 Å². The van der Waals surface area contributed by atoms with Gasteiger partial charge in [0.1, 0.15) is 17.5 Å². The van der Waals surface area contributed by atoms with E-state index in [1.54, 1.807) is 7.11 Å². The van der Waals surface area contributed by atoms with E-state index in [-0.39, 0.29) is 0 Å². The Morgan fingerprint density at radius 2 is 2.00 bits per heavy atom. The molecule has 110 valence electrons. The minimum absolute atomic E-state index is 0.708. The lowest BCUT2D eigenvalue weighted by Crippen LogP contribution is -2.17. The lowest BCUT2D eigenvalue weighted by atomic mass is 10.1. The molecule has 1 aromatic heterocycles. The van der Waals surface area contributed by atoms with Crippen molar-refractivity contribution in [1.29, 1.82) is 5.26 Å². The number of nitriles is 1. The molecule has 0 radical (unpaired) electrons. The molecule has 2 aromatic rings. The van der Waals surface area contributed by atoms with Crippen LogP contribution in [0.25, 0.3) is 0 Å². The molecule has 0 aliphatic heterocycles. The molecule has 0 aliphatic rings. The molecule has 2 rings (SSSR count). The average molecular weight is 283 g/mol. The fourth-order valence-electron chi connectivity index (χ4n) is 2.30. The fourth-order valence-corrected chi connectivity index (χ4v) is 2.30. The number of rotatable bonds is 6. The van der Waals surface area contributed by atoms with Crippen LogP contribution in [-0.2, 0) is 20.0 Å². The van der Waals surface area contributed by atoms with E-state index in [4.69, 9.17) is 10.00 Å². The number of benzene rings is 1. The second-order valence-corrected chi connectivity index (χ2v) is 5.09. The van der Waals surface area contributed by atoms with Crippen LogP contribution < -0.4 is 10.1 Å². The van der Waals surface area contributed by atoms with Crippen molar-refractivity contribution in [3.8, 4) is 11.8 Å². The summed E-state index contributed by atoms with van der Waals surface area (Å²) in [6.45, 7) is 3.74. The third kappa shape index (κ3) is 3.65. The Morgan fingerprint density at radius 1 is 1.29 bits per heavy atom. The van der Waals surface area contributed by atoms with Crippen LogP contribution in [0.5, 0.6) is 5.75 Å². The number of nitrogens with one attached hydrogen (secondary N) is 1. The molecule has 0 saturated carbocycles. The second-order valence-electron chi connectivity index (χ2n) is 5.09. The maximum absolute atomic E-state index is 9.02. The smallest absolute Gasteiger partial charge is 0.120 e. The highest BCUT2D eigenvalue weighted by atomic mass is 16.5. The van der Waals surface area contributed by atoms with Gasteiger partial charge in [0, 0.05) is 19.3 Å². The van der Waals surface area contributed by atoms with Gasteiger partial charge in [-0.25, -0.2) is 0 Å². The summed E-state index contributed by atoms with van der Waals surface area (Å²) < 4.78 is 7.08. The highest BCUT2D eigenvalue weighted by molar-refractivity contribution is 5.34. The van der Waals surface area contributed by atoms with Crippen molar-refractivity contribution in [3.63, 3.8) is 0 Å². The van der Waals surface area contributed by atoms with Crippen LogP contribution in [0.1, 0.15) is 22.5 Å². The van der Waals surface area contributed by atoms with E-state index >= 15 is 0 Å². The van der Waals surface area contributed by atoms with E-state index in [0.29, 0.717) is 5.69 Å². The lowest BCUT2D eigenvalue weighted by molar-refractivity contribution is 0.414. The van der Waals surface area contributed by atoms with Crippen molar-refractivity contribution in [2.24, 2.45) is 7.05 Å². The second kappa shape index (κ2) is 6.96. The number of hydrogen-bond acceptors (Lipinski definition) is 3. The monoisotopic (exact) mass is 283 g/mol. The van der Waals surface area contributed by atoms with E-state index < -0.39 is 0 Å². The maximum atomic E-state index is 9.02. The van der Waals surface area contributed by atoms with E-state index in [1.165, 1.54) is 11.1 Å². The third-order valence-corrected chi connectivity index (χ3v) is 3.82. The zero-order valence-electron chi connectivity index (χ0n) is 12.8. The van der Waals surface area contributed by atoms with Gasteiger partial charge >= 0.3 is 0 Å².